The van der Waals surface area contributed by atoms with Crippen LogP contribution < -0.4 is 5.32 Å². The van der Waals surface area contributed by atoms with Crippen molar-refractivity contribution in [2.75, 3.05) is 11.1 Å². The fourth-order valence-corrected chi connectivity index (χ4v) is 2.27. The number of carbonyl (C=O) groups is 1. The van der Waals surface area contributed by atoms with Gasteiger partial charge in [0.25, 0.3) is 11.1 Å². The van der Waals surface area contributed by atoms with Gasteiger partial charge in [0, 0.05) is 12.3 Å². The summed E-state index contributed by atoms with van der Waals surface area (Å²) in [5.41, 5.74) is 0.455. The normalized spacial score (nSPS) is 10.7. The lowest BCUT2D eigenvalue weighted by atomic mass is 10.4. The van der Waals surface area contributed by atoms with Crippen molar-refractivity contribution in [1.82, 2.24) is 20.3 Å². The number of nitrogens with zero attached hydrogens (tertiary/aromatic N) is 4. The van der Waals surface area contributed by atoms with E-state index in [-0.39, 0.29) is 22.8 Å². The van der Waals surface area contributed by atoms with E-state index in [1.807, 2.05) is 0 Å². The summed E-state index contributed by atoms with van der Waals surface area (Å²) >= 11 is 6.83. The minimum Gasteiger partial charge on any atom is -0.409 e. The van der Waals surface area contributed by atoms with Crippen molar-refractivity contribution in [3.05, 3.63) is 35.2 Å². The highest BCUT2D eigenvalue weighted by Gasteiger charge is 2.14. The minimum absolute atomic E-state index is 0.101. The van der Waals surface area contributed by atoms with Crippen LogP contribution in [0.15, 0.2) is 38.6 Å². The van der Waals surface area contributed by atoms with E-state index >= 15 is 0 Å². The summed E-state index contributed by atoms with van der Waals surface area (Å²) in [5.74, 6) is 1.15. The van der Waals surface area contributed by atoms with Gasteiger partial charge in [0.05, 0.1) is 10.8 Å². The van der Waals surface area contributed by atoms with Crippen LogP contribution in [0.25, 0.3) is 11.6 Å². The number of amides is 1. The molecule has 0 aliphatic heterocycles. The van der Waals surface area contributed by atoms with Crippen molar-refractivity contribution in [3.63, 3.8) is 0 Å². The molecule has 23 heavy (non-hydrogen) atoms. The van der Waals surface area contributed by atoms with E-state index in [1.54, 1.807) is 25.1 Å². The summed E-state index contributed by atoms with van der Waals surface area (Å²) in [7, 11) is 0. The third kappa shape index (κ3) is 4.08. The van der Waals surface area contributed by atoms with E-state index in [0.717, 1.165) is 11.8 Å². The van der Waals surface area contributed by atoms with Crippen LogP contribution in [0.4, 0.5) is 5.82 Å². The van der Waals surface area contributed by atoms with Crippen LogP contribution in [0.2, 0.25) is 5.02 Å². The van der Waals surface area contributed by atoms with Gasteiger partial charge in [-0.15, -0.1) is 10.2 Å². The van der Waals surface area contributed by atoms with Crippen molar-refractivity contribution in [2.45, 2.75) is 12.1 Å². The summed E-state index contributed by atoms with van der Waals surface area (Å²) in [6.07, 6.45) is 1.45. The molecular weight excluding hydrogens is 342 g/mol. The number of thioether (sulfide) groups is 1. The molecule has 0 aliphatic carbocycles. The zero-order chi connectivity index (χ0) is 16.2. The molecule has 3 rings (SSSR count). The lowest BCUT2D eigenvalue weighted by molar-refractivity contribution is -0.113. The topological polar surface area (TPSA) is 107 Å². The first-order valence-corrected chi connectivity index (χ1v) is 7.78. The largest absolute Gasteiger partial charge is 0.409 e. The smallest absolute Gasteiger partial charge is 0.277 e. The number of pyridine rings is 1. The SMILES string of the molecule is Cc1cc(-c2nnc(SCC(=O)Nc3ccc(Cl)cn3)o2)no1. The molecule has 10 heteroatoms. The van der Waals surface area contributed by atoms with E-state index < -0.39 is 0 Å². The molecule has 118 valence electrons. The highest BCUT2D eigenvalue weighted by Crippen LogP contribution is 2.22. The number of anilines is 1. The maximum absolute atomic E-state index is 11.8. The average Bonchev–Trinajstić information content (AvgIpc) is 3.16. The molecule has 0 saturated heterocycles. The van der Waals surface area contributed by atoms with Gasteiger partial charge in [0.1, 0.15) is 11.6 Å². The Balaban J connectivity index is 1.55. The highest BCUT2D eigenvalue weighted by molar-refractivity contribution is 7.99. The van der Waals surface area contributed by atoms with Crippen LogP contribution in [0.3, 0.4) is 0 Å². The van der Waals surface area contributed by atoms with E-state index in [1.165, 1.54) is 6.20 Å². The second-order valence-electron chi connectivity index (χ2n) is 4.39. The van der Waals surface area contributed by atoms with Gasteiger partial charge in [-0.3, -0.25) is 4.79 Å². The van der Waals surface area contributed by atoms with Crippen molar-refractivity contribution >= 4 is 35.1 Å². The first-order chi connectivity index (χ1) is 11.1. The Kier molecular flexibility index (Phi) is 4.58. The molecular formula is C13H10ClN5O3S. The first-order valence-electron chi connectivity index (χ1n) is 6.41. The van der Waals surface area contributed by atoms with E-state index in [2.05, 4.69) is 25.7 Å². The molecule has 0 unspecified atom stereocenters. The fourth-order valence-electron chi connectivity index (χ4n) is 1.59. The summed E-state index contributed by atoms with van der Waals surface area (Å²) in [4.78, 5) is 15.8. The number of aromatic nitrogens is 4. The van der Waals surface area contributed by atoms with Crippen LogP contribution in [-0.2, 0) is 4.79 Å². The van der Waals surface area contributed by atoms with Crippen molar-refractivity contribution in [1.29, 1.82) is 0 Å². The van der Waals surface area contributed by atoms with Gasteiger partial charge in [-0.05, 0) is 19.1 Å². The molecule has 3 aromatic rings. The Hall–Kier alpha value is -2.39. The second-order valence-corrected chi connectivity index (χ2v) is 5.76. The van der Waals surface area contributed by atoms with Gasteiger partial charge in [-0.1, -0.05) is 28.5 Å². The minimum atomic E-state index is -0.248. The average molecular weight is 352 g/mol. The number of aryl methyl sites for hydroxylation is 1. The Labute approximate surface area is 139 Å². The van der Waals surface area contributed by atoms with Gasteiger partial charge in [0.2, 0.25) is 5.91 Å². The van der Waals surface area contributed by atoms with Gasteiger partial charge in [-0.25, -0.2) is 4.98 Å². The number of carbonyl (C=O) groups excluding carboxylic acids is 1. The lowest BCUT2D eigenvalue weighted by Crippen LogP contribution is -2.14. The molecule has 0 bridgehead atoms. The fraction of sp³-hybridized carbons (Fsp3) is 0.154. The molecule has 8 nitrogen and oxygen atoms in total. The molecule has 0 aliphatic rings. The number of halogens is 1. The predicted octanol–water partition coefficient (Wildman–Crippen LogP) is 2.81. The quantitative estimate of drug-likeness (QED) is 0.699. The standard InChI is InChI=1S/C13H10ClN5O3S/c1-7-4-9(19-22-7)12-17-18-13(21-12)23-6-11(20)16-10-3-2-8(14)5-15-10/h2-5H,6H2,1H3,(H,15,16,20). The first kappa shape index (κ1) is 15.5. The number of nitrogens with one attached hydrogen (secondary N) is 1. The monoisotopic (exact) mass is 351 g/mol. The zero-order valence-corrected chi connectivity index (χ0v) is 13.4. The number of hydrogen-bond acceptors (Lipinski definition) is 8. The zero-order valence-electron chi connectivity index (χ0n) is 11.8. The maximum atomic E-state index is 11.8. The van der Waals surface area contributed by atoms with Crippen LogP contribution in [0, 0.1) is 6.92 Å². The Morgan fingerprint density at radius 2 is 2.26 bits per heavy atom. The van der Waals surface area contributed by atoms with Crippen LogP contribution in [-0.4, -0.2) is 32.0 Å². The third-order valence-corrected chi connectivity index (χ3v) is 3.62. The molecule has 1 N–H and O–H groups in total. The number of hydrogen-bond donors (Lipinski definition) is 1. The highest BCUT2D eigenvalue weighted by atomic mass is 35.5. The number of rotatable bonds is 5. The Morgan fingerprint density at radius 1 is 1.39 bits per heavy atom. The van der Waals surface area contributed by atoms with E-state index in [9.17, 15) is 4.79 Å². The Bertz CT molecular complexity index is 817. The molecule has 0 radical (unpaired) electrons. The van der Waals surface area contributed by atoms with Gasteiger partial charge in [0.15, 0.2) is 5.69 Å². The molecule has 3 heterocycles. The van der Waals surface area contributed by atoms with E-state index in [4.69, 9.17) is 20.5 Å². The van der Waals surface area contributed by atoms with Gasteiger partial charge < -0.3 is 14.3 Å². The molecule has 1 amide bonds. The van der Waals surface area contributed by atoms with E-state index in [0.29, 0.717) is 22.3 Å². The molecule has 0 spiro atoms. The summed E-state index contributed by atoms with van der Waals surface area (Å²) < 4.78 is 10.3. The second kappa shape index (κ2) is 6.80. The summed E-state index contributed by atoms with van der Waals surface area (Å²) in [5, 5.41) is 14.9. The van der Waals surface area contributed by atoms with Crippen molar-refractivity contribution in [3.8, 4) is 11.6 Å². The maximum Gasteiger partial charge on any atom is 0.277 e. The lowest BCUT2D eigenvalue weighted by Gasteiger charge is -2.02. The van der Waals surface area contributed by atoms with Gasteiger partial charge >= 0.3 is 0 Å². The summed E-state index contributed by atoms with van der Waals surface area (Å²) in [6.45, 7) is 1.76. The molecule has 0 atom stereocenters. The predicted molar refractivity (Wildman–Crippen MR) is 83.1 cm³/mol. The molecule has 0 aromatic carbocycles. The Morgan fingerprint density at radius 3 is 2.96 bits per heavy atom. The van der Waals surface area contributed by atoms with Crippen LogP contribution in [0.5, 0.6) is 0 Å². The van der Waals surface area contributed by atoms with Crippen molar-refractivity contribution in [2.24, 2.45) is 0 Å². The van der Waals surface area contributed by atoms with Gasteiger partial charge in [-0.2, -0.15) is 0 Å². The molecule has 0 saturated carbocycles. The van der Waals surface area contributed by atoms with Crippen molar-refractivity contribution < 1.29 is 13.7 Å². The van der Waals surface area contributed by atoms with Crippen LogP contribution in [0.1, 0.15) is 5.76 Å². The summed E-state index contributed by atoms with van der Waals surface area (Å²) in [6, 6.07) is 4.94. The molecule has 3 aromatic heterocycles. The van der Waals surface area contributed by atoms with Crippen LogP contribution >= 0.6 is 23.4 Å². The third-order valence-electron chi connectivity index (χ3n) is 2.58. The molecule has 0 fully saturated rings.